The van der Waals surface area contributed by atoms with Gasteiger partial charge in [0.05, 0.1) is 11.8 Å². The average Bonchev–Trinajstić information content (AvgIpc) is 2.69. The Kier molecular flexibility index (Phi) is 8.46. The van der Waals surface area contributed by atoms with E-state index in [9.17, 15) is 13.2 Å². The lowest BCUT2D eigenvalue weighted by molar-refractivity contribution is -0.121. The fraction of sp³-hybridized carbons (Fsp3) is 0.500. The monoisotopic (exact) mass is 420 g/mol. The third-order valence-corrected chi connectivity index (χ3v) is 6.60. The number of hydrogen-bond acceptors (Lipinski definition) is 4. The molecule has 0 aliphatic carbocycles. The predicted octanol–water partition coefficient (Wildman–Crippen LogP) is 3.57. The highest BCUT2D eigenvalue weighted by Gasteiger charge is 2.17. The van der Waals surface area contributed by atoms with E-state index in [2.05, 4.69) is 16.1 Å². The molecule has 0 bridgehead atoms. The molecule has 2 rings (SSSR count). The van der Waals surface area contributed by atoms with E-state index in [4.69, 9.17) is 4.74 Å². The van der Waals surface area contributed by atoms with E-state index in [0.29, 0.717) is 26.1 Å². The van der Waals surface area contributed by atoms with Gasteiger partial charge >= 0.3 is 0 Å². The average molecular weight is 421 g/mol. The van der Waals surface area contributed by atoms with Crippen LogP contribution in [0.2, 0.25) is 0 Å². The maximum atomic E-state index is 11.9. The van der Waals surface area contributed by atoms with E-state index < -0.39 is 15.3 Å². The number of fused-ring (bicyclic) bond motifs is 1. The smallest absolute Gasteiger partial charge is 0.220 e. The number of hydrogen-bond donors (Lipinski definition) is 2. The van der Waals surface area contributed by atoms with E-state index in [1.54, 1.807) is 13.8 Å². The van der Waals surface area contributed by atoms with Crippen molar-refractivity contribution in [2.24, 2.45) is 0 Å². The minimum absolute atomic E-state index is 0.0481. The van der Waals surface area contributed by atoms with Crippen LogP contribution in [0.5, 0.6) is 5.75 Å². The van der Waals surface area contributed by atoms with Gasteiger partial charge in [0, 0.05) is 13.0 Å². The van der Waals surface area contributed by atoms with Crippen molar-refractivity contribution in [3.8, 4) is 5.75 Å². The first-order valence-corrected chi connectivity index (χ1v) is 11.7. The standard InChI is InChI=1S/C22H32N2O4S/c1-5-6-22(25)23-11-12-28-21-10-9-19-13-18(7-8-20(19)14-21)17(4)15-24-29(26,27)16(2)3/h7-10,13-14,16-17,24H,5-6,11-12,15H2,1-4H3,(H,23,25). The van der Waals surface area contributed by atoms with Gasteiger partial charge < -0.3 is 10.1 Å². The molecule has 2 N–H and O–H groups in total. The Hall–Kier alpha value is -2.12. The first kappa shape index (κ1) is 23.2. The summed E-state index contributed by atoms with van der Waals surface area (Å²) >= 11 is 0. The molecule has 29 heavy (non-hydrogen) atoms. The number of nitrogens with one attached hydrogen (secondary N) is 2. The van der Waals surface area contributed by atoms with Gasteiger partial charge in [-0.1, -0.05) is 38.1 Å². The van der Waals surface area contributed by atoms with Crippen LogP contribution in [-0.4, -0.2) is 39.3 Å². The van der Waals surface area contributed by atoms with Crippen LogP contribution in [0, 0.1) is 0 Å². The molecule has 6 nitrogen and oxygen atoms in total. The summed E-state index contributed by atoms with van der Waals surface area (Å²) in [6.45, 7) is 8.60. The zero-order valence-corrected chi connectivity index (χ0v) is 18.5. The van der Waals surface area contributed by atoms with E-state index in [1.165, 1.54) is 0 Å². The third kappa shape index (κ3) is 7.01. The molecule has 0 radical (unpaired) electrons. The van der Waals surface area contributed by atoms with Gasteiger partial charge in [0.2, 0.25) is 15.9 Å². The van der Waals surface area contributed by atoms with E-state index in [0.717, 1.165) is 28.5 Å². The van der Waals surface area contributed by atoms with Crippen LogP contribution in [0.1, 0.15) is 52.0 Å². The van der Waals surface area contributed by atoms with E-state index in [-0.39, 0.29) is 11.8 Å². The number of rotatable bonds is 11. The molecule has 7 heteroatoms. The molecule has 0 heterocycles. The van der Waals surface area contributed by atoms with Gasteiger partial charge in [-0.3, -0.25) is 4.79 Å². The fourth-order valence-electron chi connectivity index (χ4n) is 2.84. The summed E-state index contributed by atoms with van der Waals surface area (Å²) in [5.74, 6) is 0.871. The first-order valence-electron chi connectivity index (χ1n) is 10.1. The topological polar surface area (TPSA) is 84.5 Å². The number of sulfonamides is 1. The second kappa shape index (κ2) is 10.6. The van der Waals surface area contributed by atoms with Crippen molar-refractivity contribution < 1.29 is 17.9 Å². The molecule has 2 aromatic carbocycles. The van der Waals surface area contributed by atoms with Gasteiger partial charge in [-0.15, -0.1) is 0 Å². The molecular weight excluding hydrogens is 388 g/mol. The Balaban J connectivity index is 1.95. The zero-order chi connectivity index (χ0) is 21.4. The van der Waals surface area contributed by atoms with Crippen LogP contribution in [0.25, 0.3) is 10.8 Å². The maximum absolute atomic E-state index is 11.9. The van der Waals surface area contributed by atoms with E-state index >= 15 is 0 Å². The molecule has 160 valence electrons. The largest absolute Gasteiger partial charge is 0.492 e. The SMILES string of the molecule is CCCC(=O)NCCOc1ccc2cc(C(C)CNS(=O)(=O)C(C)C)ccc2c1. The number of amides is 1. The summed E-state index contributed by atoms with van der Waals surface area (Å²) in [6.07, 6.45) is 1.37. The van der Waals surface area contributed by atoms with Crippen LogP contribution >= 0.6 is 0 Å². The summed E-state index contributed by atoms with van der Waals surface area (Å²) < 4.78 is 32.3. The Labute approximate surface area is 174 Å². The number of carbonyl (C=O) groups is 1. The normalized spacial score (nSPS) is 12.9. The number of carbonyl (C=O) groups excluding carboxylic acids is 1. The van der Waals surface area contributed by atoms with Gasteiger partial charge in [0.15, 0.2) is 0 Å². The molecule has 0 spiro atoms. The van der Waals surface area contributed by atoms with Gasteiger partial charge in [-0.25, -0.2) is 13.1 Å². The molecule has 0 aromatic heterocycles. The lowest BCUT2D eigenvalue weighted by Crippen LogP contribution is -2.33. The molecule has 0 saturated heterocycles. The van der Waals surface area contributed by atoms with Crippen molar-refractivity contribution in [3.05, 3.63) is 42.0 Å². The Morgan fingerprint density at radius 2 is 1.76 bits per heavy atom. The van der Waals surface area contributed by atoms with Crippen LogP contribution in [0.4, 0.5) is 0 Å². The Bertz CT molecular complexity index is 926. The van der Waals surface area contributed by atoms with Crippen molar-refractivity contribution in [3.63, 3.8) is 0 Å². The molecule has 1 unspecified atom stereocenters. The summed E-state index contributed by atoms with van der Waals surface area (Å²) in [5.41, 5.74) is 1.08. The van der Waals surface area contributed by atoms with Gasteiger partial charge in [0.25, 0.3) is 0 Å². The molecular formula is C22H32N2O4S. The highest BCUT2D eigenvalue weighted by Crippen LogP contribution is 2.25. The van der Waals surface area contributed by atoms with Crippen LogP contribution in [0.15, 0.2) is 36.4 Å². The molecule has 0 aliphatic heterocycles. The second-order valence-corrected chi connectivity index (χ2v) is 9.88. The lowest BCUT2D eigenvalue weighted by atomic mass is 9.98. The van der Waals surface area contributed by atoms with Crippen molar-refractivity contribution in [2.75, 3.05) is 19.7 Å². The molecule has 0 fully saturated rings. The van der Waals surface area contributed by atoms with Crippen molar-refractivity contribution >= 4 is 26.7 Å². The molecule has 1 atom stereocenters. The van der Waals surface area contributed by atoms with Crippen molar-refractivity contribution in [2.45, 2.75) is 51.7 Å². The van der Waals surface area contributed by atoms with Crippen LogP contribution < -0.4 is 14.8 Å². The zero-order valence-electron chi connectivity index (χ0n) is 17.7. The number of benzene rings is 2. The number of ether oxygens (including phenoxy) is 1. The molecule has 0 saturated carbocycles. The van der Waals surface area contributed by atoms with E-state index in [1.807, 2.05) is 44.2 Å². The lowest BCUT2D eigenvalue weighted by Gasteiger charge is -2.16. The third-order valence-electron chi connectivity index (χ3n) is 4.79. The second-order valence-electron chi connectivity index (χ2n) is 7.56. The van der Waals surface area contributed by atoms with Gasteiger partial charge in [-0.05, 0) is 54.7 Å². The molecule has 1 amide bonds. The quantitative estimate of drug-likeness (QED) is 0.544. The molecule has 0 aliphatic rings. The highest BCUT2D eigenvalue weighted by atomic mass is 32.2. The predicted molar refractivity (Wildman–Crippen MR) is 118 cm³/mol. The maximum Gasteiger partial charge on any atom is 0.220 e. The molecule has 2 aromatic rings. The Morgan fingerprint density at radius 3 is 2.45 bits per heavy atom. The van der Waals surface area contributed by atoms with Crippen LogP contribution in [0.3, 0.4) is 0 Å². The highest BCUT2D eigenvalue weighted by molar-refractivity contribution is 7.90. The van der Waals surface area contributed by atoms with Crippen LogP contribution in [-0.2, 0) is 14.8 Å². The van der Waals surface area contributed by atoms with Crippen molar-refractivity contribution in [1.29, 1.82) is 0 Å². The Morgan fingerprint density at radius 1 is 1.07 bits per heavy atom. The summed E-state index contributed by atoms with van der Waals surface area (Å²) in [6, 6.07) is 12.0. The minimum Gasteiger partial charge on any atom is -0.492 e. The van der Waals surface area contributed by atoms with Gasteiger partial charge in [-0.2, -0.15) is 0 Å². The first-order chi connectivity index (χ1) is 13.7. The van der Waals surface area contributed by atoms with Gasteiger partial charge in [0.1, 0.15) is 12.4 Å². The summed E-state index contributed by atoms with van der Waals surface area (Å²) in [5, 5.41) is 4.51. The summed E-state index contributed by atoms with van der Waals surface area (Å²) in [7, 11) is -3.26. The van der Waals surface area contributed by atoms with Crippen molar-refractivity contribution in [1.82, 2.24) is 10.0 Å². The fourth-order valence-corrected chi connectivity index (χ4v) is 3.65. The summed E-state index contributed by atoms with van der Waals surface area (Å²) in [4.78, 5) is 11.4. The minimum atomic E-state index is -3.26.